The monoisotopic (exact) mass is 209 g/mol. The normalized spacial score (nSPS) is 21.7. The van der Waals surface area contributed by atoms with Crippen LogP contribution in [0.4, 0.5) is 5.82 Å². The molecule has 1 unspecified atom stereocenters. The molecule has 0 aromatic carbocycles. The first kappa shape index (κ1) is 10.3. The molecule has 1 aromatic rings. The van der Waals surface area contributed by atoms with E-state index in [0.717, 1.165) is 25.2 Å². The van der Waals surface area contributed by atoms with Gasteiger partial charge in [0.2, 0.25) is 0 Å². The second-order valence-electron chi connectivity index (χ2n) is 3.77. The number of piperidine rings is 1. The van der Waals surface area contributed by atoms with Gasteiger partial charge in [0.05, 0.1) is 30.8 Å². The van der Waals surface area contributed by atoms with Crippen LogP contribution in [-0.2, 0) is 6.61 Å². The Balaban J connectivity index is 2.13. The highest BCUT2D eigenvalue weighted by molar-refractivity contribution is 5.37. The number of β-amino-alcohol motifs (C(OH)–C–C–N with tert-alkyl or cyclic N) is 1. The molecule has 1 aliphatic rings. The molecule has 2 N–H and O–H groups in total. The lowest BCUT2D eigenvalue weighted by molar-refractivity contribution is 0.153. The minimum absolute atomic E-state index is 0.1000. The molecule has 1 fully saturated rings. The summed E-state index contributed by atoms with van der Waals surface area (Å²) in [6, 6.07) is 0. The van der Waals surface area contributed by atoms with E-state index < -0.39 is 0 Å². The first-order valence-electron chi connectivity index (χ1n) is 5.14. The number of hydrogen-bond donors (Lipinski definition) is 2. The van der Waals surface area contributed by atoms with Gasteiger partial charge >= 0.3 is 0 Å². The fourth-order valence-corrected chi connectivity index (χ4v) is 1.79. The van der Waals surface area contributed by atoms with Crippen molar-refractivity contribution in [1.29, 1.82) is 0 Å². The Morgan fingerprint density at radius 2 is 2.33 bits per heavy atom. The van der Waals surface area contributed by atoms with E-state index in [0.29, 0.717) is 12.2 Å². The zero-order valence-corrected chi connectivity index (χ0v) is 8.50. The summed E-state index contributed by atoms with van der Waals surface area (Å²) in [6.07, 6.45) is 4.75. The van der Waals surface area contributed by atoms with Crippen molar-refractivity contribution in [2.45, 2.75) is 25.6 Å². The van der Waals surface area contributed by atoms with E-state index >= 15 is 0 Å². The van der Waals surface area contributed by atoms with E-state index in [-0.39, 0.29) is 12.7 Å². The Kier molecular flexibility index (Phi) is 3.13. The van der Waals surface area contributed by atoms with Gasteiger partial charge in [-0.1, -0.05) is 0 Å². The third-order valence-corrected chi connectivity index (χ3v) is 2.55. The van der Waals surface area contributed by atoms with Crippen molar-refractivity contribution in [2.75, 3.05) is 18.0 Å². The van der Waals surface area contributed by atoms with E-state index in [2.05, 4.69) is 9.97 Å². The maximum Gasteiger partial charge on any atom is 0.147 e. The summed E-state index contributed by atoms with van der Waals surface area (Å²) in [7, 11) is 0. The molecular formula is C10H15N3O2. The Labute approximate surface area is 88.4 Å². The third kappa shape index (κ3) is 2.43. The number of aromatic nitrogens is 2. The second kappa shape index (κ2) is 4.55. The Morgan fingerprint density at radius 1 is 1.47 bits per heavy atom. The number of anilines is 1. The van der Waals surface area contributed by atoms with Crippen LogP contribution in [0.15, 0.2) is 12.4 Å². The average Bonchev–Trinajstić information content (AvgIpc) is 2.29. The summed E-state index contributed by atoms with van der Waals surface area (Å²) in [4.78, 5) is 10.3. The van der Waals surface area contributed by atoms with Crippen LogP contribution in [0.3, 0.4) is 0 Å². The lowest BCUT2D eigenvalue weighted by Crippen LogP contribution is -2.38. The SMILES string of the molecule is OCc1cncc(N2CCCC(O)C2)n1. The fourth-order valence-electron chi connectivity index (χ4n) is 1.79. The number of aliphatic hydroxyl groups excluding tert-OH is 2. The van der Waals surface area contributed by atoms with Gasteiger partial charge < -0.3 is 15.1 Å². The molecule has 15 heavy (non-hydrogen) atoms. The van der Waals surface area contributed by atoms with Crippen molar-refractivity contribution < 1.29 is 10.2 Å². The van der Waals surface area contributed by atoms with E-state index in [1.807, 2.05) is 4.90 Å². The molecule has 0 bridgehead atoms. The van der Waals surface area contributed by atoms with Gasteiger partial charge in [-0.2, -0.15) is 0 Å². The van der Waals surface area contributed by atoms with Crippen LogP contribution in [0, 0.1) is 0 Å². The number of nitrogens with zero attached hydrogens (tertiary/aromatic N) is 3. The molecule has 0 saturated carbocycles. The van der Waals surface area contributed by atoms with Crippen LogP contribution in [0.5, 0.6) is 0 Å². The molecule has 82 valence electrons. The Bertz CT molecular complexity index is 332. The predicted octanol–water partition coefficient (Wildman–Crippen LogP) is -0.0700. The minimum atomic E-state index is -0.279. The lowest BCUT2D eigenvalue weighted by Gasteiger charge is -2.30. The molecule has 1 aliphatic heterocycles. The van der Waals surface area contributed by atoms with E-state index in [4.69, 9.17) is 5.11 Å². The third-order valence-electron chi connectivity index (χ3n) is 2.55. The van der Waals surface area contributed by atoms with Crippen LogP contribution in [-0.4, -0.2) is 39.4 Å². The van der Waals surface area contributed by atoms with Crippen LogP contribution in [0.25, 0.3) is 0 Å². The Morgan fingerprint density at radius 3 is 3.07 bits per heavy atom. The van der Waals surface area contributed by atoms with Crippen LogP contribution in [0.2, 0.25) is 0 Å². The van der Waals surface area contributed by atoms with Gasteiger partial charge in [0, 0.05) is 13.1 Å². The highest BCUT2D eigenvalue weighted by Crippen LogP contribution is 2.17. The molecule has 0 amide bonds. The first-order valence-corrected chi connectivity index (χ1v) is 5.14. The van der Waals surface area contributed by atoms with Crippen molar-refractivity contribution in [3.8, 4) is 0 Å². The molecule has 1 saturated heterocycles. The van der Waals surface area contributed by atoms with Crippen LogP contribution < -0.4 is 4.90 Å². The lowest BCUT2D eigenvalue weighted by atomic mass is 10.1. The summed E-state index contributed by atoms with van der Waals surface area (Å²) in [5.74, 6) is 0.736. The number of hydrogen-bond acceptors (Lipinski definition) is 5. The second-order valence-corrected chi connectivity index (χ2v) is 3.77. The summed E-state index contributed by atoms with van der Waals surface area (Å²) in [6.45, 7) is 1.39. The van der Waals surface area contributed by atoms with Crippen LogP contribution >= 0.6 is 0 Å². The summed E-state index contributed by atoms with van der Waals surface area (Å²) < 4.78 is 0. The van der Waals surface area contributed by atoms with Gasteiger partial charge in [0.1, 0.15) is 5.82 Å². The zero-order chi connectivity index (χ0) is 10.7. The van der Waals surface area contributed by atoms with Gasteiger partial charge in [-0.15, -0.1) is 0 Å². The van der Waals surface area contributed by atoms with Gasteiger partial charge in [0.15, 0.2) is 0 Å². The summed E-state index contributed by atoms with van der Waals surface area (Å²) >= 11 is 0. The molecule has 5 nitrogen and oxygen atoms in total. The summed E-state index contributed by atoms with van der Waals surface area (Å²) in [5, 5.41) is 18.5. The van der Waals surface area contributed by atoms with E-state index in [1.54, 1.807) is 12.4 Å². The highest BCUT2D eigenvalue weighted by atomic mass is 16.3. The topological polar surface area (TPSA) is 69.5 Å². The van der Waals surface area contributed by atoms with Gasteiger partial charge in [-0.05, 0) is 12.8 Å². The van der Waals surface area contributed by atoms with Crippen molar-refractivity contribution in [3.05, 3.63) is 18.1 Å². The molecule has 2 rings (SSSR count). The smallest absolute Gasteiger partial charge is 0.147 e. The molecule has 0 aliphatic carbocycles. The zero-order valence-electron chi connectivity index (χ0n) is 8.50. The largest absolute Gasteiger partial charge is 0.391 e. The Hall–Kier alpha value is -1.20. The minimum Gasteiger partial charge on any atom is -0.391 e. The van der Waals surface area contributed by atoms with Gasteiger partial charge in [-0.3, -0.25) is 4.98 Å². The van der Waals surface area contributed by atoms with Crippen molar-refractivity contribution in [1.82, 2.24) is 9.97 Å². The molecule has 0 spiro atoms. The fraction of sp³-hybridized carbons (Fsp3) is 0.600. The number of aliphatic hydroxyl groups is 2. The van der Waals surface area contributed by atoms with Crippen molar-refractivity contribution >= 4 is 5.82 Å². The van der Waals surface area contributed by atoms with E-state index in [1.165, 1.54) is 0 Å². The number of rotatable bonds is 2. The van der Waals surface area contributed by atoms with Gasteiger partial charge in [0.25, 0.3) is 0 Å². The van der Waals surface area contributed by atoms with E-state index in [9.17, 15) is 5.11 Å². The molecule has 1 atom stereocenters. The van der Waals surface area contributed by atoms with Crippen molar-refractivity contribution in [3.63, 3.8) is 0 Å². The molecule has 1 aromatic heterocycles. The maximum atomic E-state index is 9.53. The molecular weight excluding hydrogens is 194 g/mol. The predicted molar refractivity (Wildman–Crippen MR) is 55.4 cm³/mol. The van der Waals surface area contributed by atoms with Crippen molar-refractivity contribution in [2.24, 2.45) is 0 Å². The summed E-state index contributed by atoms with van der Waals surface area (Å²) in [5.41, 5.74) is 0.563. The van der Waals surface area contributed by atoms with Crippen LogP contribution in [0.1, 0.15) is 18.5 Å². The standard InChI is InChI=1S/C10H15N3O2/c14-7-8-4-11-5-10(12-8)13-3-1-2-9(15)6-13/h4-5,9,14-15H,1-3,6-7H2. The molecule has 5 heteroatoms. The molecule has 0 radical (unpaired) electrons. The first-order chi connectivity index (χ1) is 7.29. The van der Waals surface area contributed by atoms with Gasteiger partial charge in [-0.25, -0.2) is 4.98 Å². The highest BCUT2D eigenvalue weighted by Gasteiger charge is 2.18. The average molecular weight is 209 g/mol. The quantitative estimate of drug-likeness (QED) is 0.713. The maximum absolute atomic E-state index is 9.53. The molecule has 2 heterocycles.